The summed E-state index contributed by atoms with van der Waals surface area (Å²) in [6.07, 6.45) is 2.78. The Morgan fingerprint density at radius 2 is 2.00 bits per heavy atom. The van der Waals surface area contributed by atoms with Crippen molar-refractivity contribution in [2.24, 2.45) is 5.92 Å². The van der Waals surface area contributed by atoms with Gasteiger partial charge in [0.2, 0.25) is 0 Å². The van der Waals surface area contributed by atoms with Crippen LogP contribution >= 0.6 is 0 Å². The van der Waals surface area contributed by atoms with Crippen molar-refractivity contribution in [1.29, 1.82) is 0 Å². The van der Waals surface area contributed by atoms with Crippen LogP contribution < -0.4 is 4.90 Å². The van der Waals surface area contributed by atoms with Gasteiger partial charge in [0.1, 0.15) is 5.82 Å². The van der Waals surface area contributed by atoms with E-state index in [2.05, 4.69) is 14.8 Å². The standard InChI is InChI=1S/C15H21N3O2/c1-11-8-13(15(19)20)9-14(16-11)18-6-4-17(5-7-18)10-12-2-3-12/h8-9,12H,2-7,10H2,1H3,(H,19,20). The largest absolute Gasteiger partial charge is 0.478 e. The van der Waals surface area contributed by atoms with Gasteiger partial charge in [0.05, 0.1) is 5.56 Å². The number of aromatic carboxylic acids is 1. The molecule has 20 heavy (non-hydrogen) atoms. The number of piperazine rings is 1. The fourth-order valence-corrected chi connectivity index (χ4v) is 2.76. The van der Waals surface area contributed by atoms with E-state index < -0.39 is 5.97 Å². The predicted octanol–water partition coefficient (Wildman–Crippen LogP) is 1.62. The molecule has 0 bridgehead atoms. The first-order chi connectivity index (χ1) is 9.61. The molecule has 0 aromatic carbocycles. The summed E-state index contributed by atoms with van der Waals surface area (Å²) >= 11 is 0. The highest BCUT2D eigenvalue weighted by Crippen LogP contribution is 2.30. The zero-order valence-electron chi connectivity index (χ0n) is 11.9. The third kappa shape index (κ3) is 3.10. The van der Waals surface area contributed by atoms with Crippen molar-refractivity contribution < 1.29 is 9.90 Å². The van der Waals surface area contributed by atoms with Crippen molar-refractivity contribution in [2.45, 2.75) is 19.8 Å². The quantitative estimate of drug-likeness (QED) is 0.905. The Bertz CT molecular complexity index is 506. The highest BCUT2D eigenvalue weighted by Gasteiger charge is 2.26. The second-order valence-corrected chi connectivity index (χ2v) is 5.89. The van der Waals surface area contributed by atoms with Crippen LogP contribution in [-0.4, -0.2) is 53.7 Å². The van der Waals surface area contributed by atoms with Gasteiger partial charge in [-0.1, -0.05) is 0 Å². The molecular weight excluding hydrogens is 254 g/mol. The van der Waals surface area contributed by atoms with Crippen LogP contribution in [0.5, 0.6) is 0 Å². The van der Waals surface area contributed by atoms with E-state index in [0.29, 0.717) is 5.56 Å². The summed E-state index contributed by atoms with van der Waals surface area (Å²) in [6.45, 7) is 7.04. The molecule has 0 radical (unpaired) electrons. The SMILES string of the molecule is Cc1cc(C(=O)O)cc(N2CCN(CC3CC3)CC2)n1. The fourth-order valence-electron chi connectivity index (χ4n) is 2.76. The van der Waals surface area contributed by atoms with E-state index in [1.165, 1.54) is 19.4 Å². The van der Waals surface area contributed by atoms with Crippen LogP contribution in [0.4, 0.5) is 5.82 Å². The molecule has 108 valence electrons. The molecule has 5 heteroatoms. The lowest BCUT2D eigenvalue weighted by Crippen LogP contribution is -2.47. The molecule has 1 saturated carbocycles. The van der Waals surface area contributed by atoms with Crippen molar-refractivity contribution in [3.63, 3.8) is 0 Å². The van der Waals surface area contributed by atoms with Gasteiger partial charge in [0.25, 0.3) is 0 Å². The molecule has 5 nitrogen and oxygen atoms in total. The molecule has 0 spiro atoms. The van der Waals surface area contributed by atoms with Gasteiger partial charge in [-0.05, 0) is 37.8 Å². The monoisotopic (exact) mass is 275 g/mol. The lowest BCUT2D eigenvalue weighted by atomic mass is 10.2. The molecule has 0 unspecified atom stereocenters. The minimum absolute atomic E-state index is 0.327. The first-order valence-corrected chi connectivity index (χ1v) is 7.31. The van der Waals surface area contributed by atoms with Crippen molar-refractivity contribution in [3.8, 4) is 0 Å². The van der Waals surface area contributed by atoms with E-state index in [1.54, 1.807) is 12.1 Å². The van der Waals surface area contributed by atoms with Crippen LogP contribution in [0.15, 0.2) is 12.1 Å². The molecule has 1 N–H and O–H groups in total. The average Bonchev–Trinajstić information content (AvgIpc) is 3.23. The van der Waals surface area contributed by atoms with Crippen LogP contribution in [0.1, 0.15) is 28.9 Å². The molecule has 2 aliphatic rings. The Kier molecular flexibility index (Phi) is 3.61. The molecule has 1 aromatic rings. The Labute approximate surface area is 119 Å². The lowest BCUT2D eigenvalue weighted by molar-refractivity contribution is 0.0696. The number of carbonyl (C=O) groups is 1. The Morgan fingerprint density at radius 3 is 2.60 bits per heavy atom. The number of aromatic nitrogens is 1. The van der Waals surface area contributed by atoms with Crippen molar-refractivity contribution in [3.05, 3.63) is 23.4 Å². The molecule has 1 aliphatic carbocycles. The second kappa shape index (κ2) is 5.40. The van der Waals surface area contributed by atoms with Crippen molar-refractivity contribution >= 4 is 11.8 Å². The van der Waals surface area contributed by atoms with E-state index in [-0.39, 0.29) is 0 Å². The Hall–Kier alpha value is -1.62. The van der Waals surface area contributed by atoms with Gasteiger partial charge in [0, 0.05) is 38.4 Å². The molecule has 0 amide bonds. The fraction of sp³-hybridized carbons (Fsp3) is 0.600. The molecule has 1 aliphatic heterocycles. The van der Waals surface area contributed by atoms with E-state index in [1.807, 2.05) is 6.92 Å². The van der Waals surface area contributed by atoms with Crippen LogP contribution in [-0.2, 0) is 0 Å². The van der Waals surface area contributed by atoms with E-state index in [9.17, 15) is 4.79 Å². The normalized spacial score (nSPS) is 20.1. The lowest BCUT2D eigenvalue weighted by Gasteiger charge is -2.35. The number of pyridine rings is 1. The van der Waals surface area contributed by atoms with Gasteiger partial charge < -0.3 is 10.0 Å². The van der Waals surface area contributed by atoms with Gasteiger partial charge in [-0.25, -0.2) is 9.78 Å². The van der Waals surface area contributed by atoms with Gasteiger partial charge in [0.15, 0.2) is 0 Å². The highest BCUT2D eigenvalue weighted by molar-refractivity contribution is 5.88. The summed E-state index contributed by atoms with van der Waals surface area (Å²) in [4.78, 5) is 20.3. The maximum absolute atomic E-state index is 11.1. The summed E-state index contributed by atoms with van der Waals surface area (Å²) in [5.74, 6) is 0.842. The zero-order valence-corrected chi connectivity index (χ0v) is 11.9. The topological polar surface area (TPSA) is 56.7 Å². The number of carboxylic acid groups (broad SMARTS) is 1. The van der Waals surface area contributed by atoms with Gasteiger partial charge in [-0.15, -0.1) is 0 Å². The number of aryl methyl sites for hydroxylation is 1. The van der Waals surface area contributed by atoms with Crippen LogP contribution in [0.25, 0.3) is 0 Å². The van der Waals surface area contributed by atoms with Crippen LogP contribution in [0.2, 0.25) is 0 Å². The third-order valence-electron chi connectivity index (χ3n) is 4.10. The smallest absolute Gasteiger partial charge is 0.335 e. The Balaban J connectivity index is 1.66. The molecule has 1 aromatic heterocycles. The summed E-state index contributed by atoms with van der Waals surface area (Å²) < 4.78 is 0. The van der Waals surface area contributed by atoms with E-state index >= 15 is 0 Å². The summed E-state index contributed by atoms with van der Waals surface area (Å²) in [7, 11) is 0. The first kappa shape index (κ1) is 13.4. The Morgan fingerprint density at radius 1 is 1.30 bits per heavy atom. The van der Waals surface area contributed by atoms with Crippen LogP contribution in [0, 0.1) is 12.8 Å². The van der Waals surface area contributed by atoms with E-state index in [0.717, 1.165) is 43.6 Å². The number of hydrogen-bond acceptors (Lipinski definition) is 4. The summed E-state index contributed by atoms with van der Waals surface area (Å²) in [5.41, 5.74) is 1.09. The minimum Gasteiger partial charge on any atom is -0.478 e. The number of carboxylic acids is 1. The van der Waals surface area contributed by atoms with E-state index in [4.69, 9.17) is 5.11 Å². The third-order valence-corrected chi connectivity index (χ3v) is 4.10. The molecule has 2 heterocycles. The highest BCUT2D eigenvalue weighted by atomic mass is 16.4. The number of rotatable bonds is 4. The van der Waals surface area contributed by atoms with Crippen LogP contribution in [0.3, 0.4) is 0 Å². The van der Waals surface area contributed by atoms with Gasteiger partial charge in [-0.3, -0.25) is 4.90 Å². The average molecular weight is 275 g/mol. The molecule has 3 rings (SSSR count). The second-order valence-electron chi connectivity index (χ2n) is 5.89. The minimum atomic E-state index is -0.885. The molecule has 1 saturated heterocycles. The summed E-state index contributed by atoms with van der Waals surface area (Å²) in [6, 6.07) is 3.31. The molecule has 2 fully saturated rings. The predicted molar refractivity (Wildman–Crippen MR) is 77.3 cm³/mol. The zero-order chi connectivity index (χ0) is 14.1. The van der Waals surface area contributed by atoms with Gasteiger partial charge >= 0.3 is 5.97 Å². The van der Waals surface area contributed by atoms with Crippen molar-refractivity contribution in [1.82, 2.24) is 9.88 Å². The van der Waals surface area contributed by atoms with Gasteiger partial charge in [-0.2, -0.15) is 0 Å². The maximum atomic E-state index is 11.1. The molecular formula is C15H21N3O2. The maximum Gasteiger partial charge on any atom is 0.335 e. The number of hydrogen-bond donors (Lipinski definition) is 1. The molecule has 0 atom stereocenters. The van der Waals surface area contributed by atoms with Crippen molar-refractivity contribution in [2.75, 3.05) is 37.6 Å². The number of nitrogens with zero attached hydrogens (tertiary/aromatic N) is 3. The first-order valence-electron chi connectivity index (χ1n) is 7.31. The number of anilines is 1. The summed E-state index contributed by atoms with van der Waals surface area (Å²) in [5, 5.41) is 9.13.